The summed E-state index contributed by atoms with van der Waals surface area (Å²) < 4.78 is 1.85. The summed E-state index contributed by atoms with van der Waals surface area (Å²) >= 11 is 6.18. The van der Waals surface area contributed by atoms with Crippen molar-refractivity contribution >= 4 is 11.6 Å². The lowest BCUT2D eigenvalue weighted by molar-refractivity contribution is -0.0274. The van der Waals surface area contributed by atoms with E-state index in [2.05, 4.69) is 24.0 Å². The van der Waals surface area contributed by atoms with Gasteiger partial charge in [0.1, 0.15) is 5.60 Å². The van der Waals surface area contributed by atoms with Gasteiger partial charge in [0.2, 0.25) is 0 Å². The Morgan fingerprint density at radius 1 is 1.47 bits per heavy atom. The van der Waals surface area contributed by atoms with E-state index in [0.29, 0.717) is 5.02 Å². The quantitative estimate of drug-likeness (QED) is 0.899. The van der Waals surface area contributed by atoms with Crippen LogP contribution in [0.15, 0.2) is 6.20 Å². The van der Waals surface area contributed by atoms with E-state index in [1.54, 1.807) is 6.20 Å². The summed E-state index contributed by atoms with van der Waals surface area (Å²) in [6.45, 7) is 4.69. The Kier molecular flexibility index (Phi) is 3.76. The topological polar surface area (TPSA) is 41.3 Å². The van der Waals surface area contributed by atoms with Gasteiger partial charge in [-0.05, 0) is 26.3 Å². The lowest BCUT2D eigenvalue weighted by Crippen LogP contribution is -2.42. The molecule has 0 unspecified atom stereocenters. The lowest BCUT2D eigenvalue weighted by atomic mass is 9.88. The van der Waals surface area contributed by atoms with Crippen LogP contribution in [0.3, 0.4) is 0 Å². The zero-order chi connectivity index (χ0) is 12.5. The number of likely N-dealkylation sites (tertiary alicyclic amines) is 1. The molecule has 1 saturated heterocycles. The van der Waals surface area contributed by atoms with Crippen LogP contribution in [0.5, 0.6) is 0 Å². The number of hydrogen-bond donors (Lipinski definition) is 1. The Morgan fingerprint density at radius 3 is 2.71 bits per heavy atom. The van der Waals surface area contributed by atoms with Gasteiger partial charge in [0.05, 0.1) is 16.9 Å². The number of aromatic nitrogens is 2. The fraction of sp³-hybridized carbons (Fsp3) is 0.750. The standard InChI is InChI=1S/C12H20ClN3O/c1-3-6-16-11(10(13)9-14-16)12(17)4-7-15(2)8-5-12/h9,17H,3-8H2,1-2H3. The molecule has 2 rings (SSSR count). The van der Waals surface area contributed by atoms with Crippen LogP contribution >= 0.6 is 11.6 Å². The van der Waals surface area contributed by atoms with E-state index in [1.807, 2.05) is 4.68 Å². The smallest absolute Gasteiger partial charge is 0.110 e. The Hall–Kier alpha value is -0.580. The minimum atomic E-state index is -0.810. The summed E-state index contributed by atoms with van der Waals surface area (Å²) in [5, 5.41) is 15.6. The normalized spacial score (nSPS) is 20.7. The van der Waals surface area contributed by atoms with Crippen molar-refractivity contribution in [1.82, 2.24) is 14.7 Å². The summed E-state index contributed by atoms with van der Waals surface area (Å²) in [6, 6.07) is 0. The van der Waals surface area contributed by atoms with Crippen molar-refractivity contribution < 1.29 is 5.11 Å². The molecule has 0 amide bonds. The Balaban J connectivity index is 2.28. The summed E-state index contributed by atoms with van der Waals surface area (Å²) in [5.41, 5.74) is -0.0101. The van der Waals surface area contributed by atoms with E-state index < -0.39 is 5.60 Å². The van der Waals surface area contributed by atoms with Crippen molar-refractivity contribution in [1.29, 1.82) is 0 Å². The first-order valence-electron chi connectivity index (χ1n) is 6.19. The molecule has 1 aliphatic heterocycles. The molecule has 17 heavy (non-hydrogen) atoms. The minimum absolute atomic E-state index is 0.588. The number of aryl methyl sites for hydroxylation is 1. The predicted octanol–water partition coefficient (Wildman–Crippen LogP) is 1.86. The molecule has 0 bridgehead atoms. The zero-order valence-electron chi connectivity index (χ0n) is 10.5. The van der Waals surface area contributed by atoms with Crippen LogP contribution < -0.4 is 0 Å². The Bertz CT molecular complexity index is 383. The highest BCUT2D eigenvalue weighted by Crippen LogP contribution is 2.36. The first-order valence-corrected chi connectivity index (χ1v) is 6.57. The van der Waals surface area contributed by atoms with E-state index in [0.717, 1.165) is 44.6 Å². The zero-order valence-corrected chi connectivity index (χ0v) is 11.2. The maximum atomic E-state index is 10.8. The molecule has 0 saturated carbocycles. The van der Waals surface area contributed by atoms with Crippen LogP contribution in [0.1, 0.15) is 31.9 Å². The van der Waals surface area contributed by atoms with Crippen LogP contribution in [0.2, 0.25) is 5.02 Å². The number of halogens is 1. The molecule has 1 aromatic heterocycles. The molecule has 0 atom stereocenters. The Morgan fingerprint density at radius 2 is 2.12 bits per heavy atom. The third-order valence-corrected chi connectivity index (χ3v) is 3.76. The average molecular weight is 258 g/mol. The molecule has 4 nitrogen and oxygen atoms in total. The van der Waals surface area contributed by atoms with Crippen LogP contribution in [-0.4, -0.2) is 39.9 Å². The average Bonchev–Trinajstić information content (AvgIpc) is 2.66. The second-order valence-corrected chi connectivity index (χ2v) is 5.31. The third kappa shape index (κ3) is 2.49. The molecule has 1 aromatic rings. The van der Waals surface area contributed by atoms with Gasteiger partial charge in [0.25, 0.3) is 0 Å². The van der Waals surface area contributed by atoms with Gasteiger partial charge in [-0.1, -0.05) is 18.5 Å². The van der Waals surface area contributed by atoms with Gasteiger partial charge >= 0.3 is 0 Å². The fourth-order valence-corrected chi connectivity index (χ4v) is 2.75. The van der Waals surface area contributed by atoms with Crippen molar-refractivity contribution in [3.63, 3.8) is 0 Å². The van der Waals surface area contributed by atoms with Crippen LogP contribution in [0.4, 0.5) is 0 Å². The van der Waals surface area contributed by atoms with Gasteiger partial charge in [0.15, 0.2) is 0 Å². The maximum absolute atomic E-state index is 10.8. The first-order chi connectivity index (χ1) is 8.07. The SMILES string of the molecule is CCCn1ncc(Cl)c1C1(O)CCN(C)CC1. The van der Waals surface area contributed by atoms with Crippen molar-refractivity contribution in [2.45, 2.75) is 38.3 Å². The number of hydrogen-bond acceptors (Lipinski definition) is 3. The van der Waals surface area contributed by atoms with Crippen molar-refractivity contribution in [2.24, 2.45) is 0 Å². The van der Waals surface area contributed by atoms with Crippen molar-refractivity contribution in [2.75, 3.05) is 20.1 Å². The minimum Gasteiger partial charge on any atom is -0.383 e. The third-order valence-electron chi connectivity index (χ3n) is 3.49. The van der Waals surface area contributed by atoms with E-state index >= 15 is 0 Å². The van der Waals surface area contributed by atoms with E-state index in [1.165, 1.54) is 0 Å². The van der Waals surface area contributed by atoms with E-state index in [4.69, 9.17) is 11.6 Å². The maximum Gasteiger partial charge on any atom is 0.110 e. The predicted molar refractivity (Wildman–Crippen MR) is 68.2 cm³/mol. The number of nitrogens with zero attached hydrogens (tertiary/aromatic N) is 3. The number of aliphatic hydroxyl groups is 1. The molecule has 0 spiro atoms. The Labute approximate surface area is 107 Å². The lowest BCUT2D eigenvalue weighted by Gasteiger charge is -2.37. The molecule has 2 heterocycles. The summed E-state index contributed by atoms with van der Waals surface area (Å²) in [6.07, 6.45) is 4.07. The molecule has 96 valence electrons. The van der Waals surface area contributed by atoms with E-state index in [9.17, 15) is 5.11 Å². The van der Waals surface area contributed by atoms with Crippen molar-refractivity contribution in [3.05, 3.63) is 16.9 Å². The summed E-state index contributed by atoms with van der Waals surface area (Å²) in [7, 11) is 2.07. The highest BCUT2D eigenvalue weighted by atomic mass is 35.5. The molecule has 0 radical (unpaired) electrons. The van der Waals surface area contributed by atoms with Crippen LogP contribution in [-0.2, 0) is 12.1 Å². The van der Waals surface area contributed by atoms with Gasteiger partial charge in [-0.15, -0.1) is 0 Å². The number of piperidine rings is 1. The largest absolute Gasteiger partial charge is 0.383 e. The molecule has 1 N–H and O–H groups in total. The van der Waals surface area contributed by atoms with Crippen LogP contribution in [0.25, 0.3) is 0 Å². The molecule has 1 aliphatic rings. The summed E-state index contributed by atoms with van der Waals surface area (Å²) in [4.78, 5) is 2.23. The molecule has 0 aliphatic carbocycles. The number of rotatable bonds is 3. The van der Waals surface area contributed by atoms with Gasteiger partial charge in [-0.25, -0.2) is 0 Å². The second-order valence-electron chi connectivity index (χ2n) is 4.90. The van der Waals surface area contributed by atoms with Gasteiger partial charge in [-0.2, -0.15) is 5.10 Å². The molecular formula is C12H20ClN3O. The molecule has 0 aromatic carbocycles. The monoisotopic (exact) mass is 257 g/mol. The molecule has 1 fully saturated rings. The summed E-state index contributed by atoms with van der Waals surface area (Å²) in [5.74, 6) is 0. The van der Waals surface area contributed by atoms with E-state index in [-0.39, 0.29) is 0 Å². The molecule has 5 heteroatoms. The van der Waals surface area contributed by atoms with Gasteiger partial charge < -0.3 is 10.0 Å². The first kappa shape index (κ1) is 12.9. The fourth-order valence-electron chi connectivity index (χ4n) is 2.43. The highest BCUT2D eigenvalue weighted by Gasteiger charge is 2.37. The van der Waals surface area contributed by atoms with Gasteiger partial charge in [-0.3, -0.25) is 4.68 Å². The highest BCUT2D eigenvalue weighted by molar-refractivity contribution is 6.31. The second kappa shape index (κ2) is 4.96. The van der Waals surface area contributed by atoms with Crippen LogP contribution in [0, 0.1) is 0 Å². The van der Waals surface area contributed by atoms with Gasteiger partial charge in [0, 0.05) is 19.6 Å². The molecular weight excluding hydrogens is 238 g/mol. The van der Waals surface area contributed by atoms with Crippen molar-refractivity contribution in [3.8, 4) is 0 Å².